The number of halogens is 1. The van der Waals surface area contributed by atoms with E-state index in [9.17, 15) is 24.8 Å². The minimum absolute atomic E-state index is 0. The maximum atomic E-state index is 12.2. The van der Waals surface area contributed by atoms with Crippen molar-refractivity contribution in [3.8, 4) is 0 Å². The van der Waals surface area contributed by atoms with E-state index in [1.165, 1.54) is 25.1 Å². The summed E-state index contributed by atoms with van der Waals surface area (Å²) in [6.07, 6.45) is 1.62. The van der Waals surface area contributed by atoms with E-state index >= 15 is 0 Å². The molecule has 0 saturated carbocycles. The zero-order chi connectivity index (χ0) is 18.1. The quantitative estimate of drug-likeness (QED) is 0.475. The number of nitrogens with one attached hydrogen (secondary N) is 1. The van der Waals surface area contributed by atoms with E-state index < -0.39 is 34.2 Å². The predicted molar refractivity (Wildman–Crippen MR) is 88.9 cm³/mol. The minimum Gasteiger partial charge on any atom is -0.550 e. The number of nitro groups is 1. The van der Waals surface area contributed by atoms with Crippen LogP contribution in [0.5, 0.6) is 0 Å². The third-order valence-electron chi connectivity index (χ3n) is 4.20. The van der Waals surface area contributed by atoms with Gasteiger partial charge in [-0.3, -0.25) is 10.1 Å². The number of nitrogens with zero attached hydrogens (tertiary/aromatic N) is 1. The van der Waals surface area contributed by atoms with E-state index in [-0.39, 0.29) is 18.1 Å². The summed E-state index contributed by atoms with van der Waals surface area (Å²) in [4.78, 5) is 34.4. The topological polar surface area (TPSA) is 122 Å². The van der Waals surface area contributed by atoms with Crippen LogP contribution in [0.15, 0.2) is 36.0 Å². The van der Waals surface area contributed by atoms with E-state index in [4.69, 9.17) is 4.74 Å². The second-order valence-electron chi connectivity index (χ2n) is 5.84. The van der Waals surface area contributed by atoms with Crippen molar-refractivity contribution in [3.63, 3.8) is 0 Å². The zero-order valence-electron chi connectivity index (χ0n) is 13.8. The summed E-state index contributed by atoms with van der Waals surface area (Å²) in [6, 6.07) is 5.67. The third-order valence-corrected chi connectivity index (χ3v) is 4.20. The van der Waals surface area contributed by atoms with Gasteiger partial charge in [-0.1, -0.05) is 18.2 Å². The average Bonchev–Trinajstić information content (AvgIpc) is 2.52. The van der Waals surface area contributed by atoms with Gasteiger partial charge in [0.25, 0.3) is 5.69 Å². The number of carboxylic acids is 1. The number of aliphatic carboxylic acids is 1. The first-order valence-electron chi connectivity index (χ1n) is 7.21. The molecule has 3 atom stereocenters. The number of allylic oxidation sites excluding steroid dienone is 2. The van der Waals surface area contributed by atoms with E-state index in [1.807, 2.05) is 0 Å². The number of esters is 1. The molecule has 0 aliphatic carbocycles. The van der Waals surface area contributed by atoms with E-state index in [2.05, 4.69) is 5.32 Å². The zero-order valence-corrected chi connectivity index (χ0v) is 14.7. The number of nitro benzene ring substituents is 1. The lowest BCUT2D eigenvalue weighted by atomic mass is 9.71. The molecular formula is C16H18ClN2O6-. The molecule has 3 unspecified atom stereocenters. The number of carboxylic acid groups (broad SMARTS) is 1. The molecule has 0 bridgehead atoms. The van der Waals surface area contributed by atoms with E-state index in [0.29, 0.717) is 11.3 Å². The van der Waals surface area contributed by atoms with Crippen molar-refractivity contribution in [3.05, 3.63) is 51.7 Å². The van der Waals surface area contributed by atoms with Gasteiger partial charge in [-0.2, -0.15) is 0 Å². The van der Waals surface area contributed by atoms with Crippen molar-refractivity contribution in [2.45, 2.75) is 25.3 Å². The number of carbonyl (C=O) groups is 2. The Morgan fingerprint density at radius 1 is 1.36 bits per heavy atom. The Morgan fingerprint density at radius 3 is 2.52 bits per heavy atom. The second-order valence-corrected chi connectivity index (χ2v) is 5.84. The van der Waals surface area contributed by atoms with Crippen molar-refractivity contribution >= 4 is 30.0 Å². The van der Waals surface area contributed by atoms with Gasteiger partial charge in [0.05, 0.1) is 12.0 Å². The molecule has 1 aromatic rings. The number of rotatable bonds is 4. The number of hydrogen-bond donors (Lipinski definition) is 1. The van der Waals surface area contributed by atoms with Gasteiger partial charge in [0.2, 0.25) is 0 Å². The van der Waals surface area contributed by atoms with Gasteiger partial charge in [0, 0.05) is 35.6 Å². The molecule has 1 aromatic carbocycles. The Kier molecular flexibility index (Phi) is 6.15. The number of benzene rings is 1. The number of hydrogen-bond acceptors (Lipinski definition) is 7. The van der Waals surface area contributed by atoms with Crippen LogP contribution >= 0.6 is 12.4 Å². The van der Waals surface area contributed by atoms with E-state index in [0.717, 1.165) is 7.11 Å². The maximum absolute atomic E-state index is 12.2. The summed E-state index contributed by atoms with van der Waals surface area (Å²) in [5.74, 6) is -4.27. The summed E-state index contributed by atoms with van der Waals surface area (Å²) in [5.41, 5.74) is -0.734. The van der Waals surface area contributed by atoms with Crippen molar-refractivity contribution in [2.75, 3.05) is 7.11 Å². The number of ether oxygens (including phenoxy) is 1. The lowest BCUT2D eigenvalue weighted by Crippen LogP contribution is -2.63. The summed E-state index contributed by atoms with van der Waals surface area (Å²) in [7, 11) is 1.16. The lowest BCUT2D eigenvalue weighted by molar-refractivity contribution is -0.385. The first kappa shape index (κ1) is 20.4. The van der Waals surface area contributed by atoms with Crippen LogP contribution in [-0.2, 0) is 14.3 Å². The SMILES string of the molecule is COC(=O)C1(C)NC(C)=CC(c2cccc([N+](=O)[O-])c2)C1C(=O)[O-].Cl. The fourth-order valence-electron chi connectivity index (χ4n) is 3.16. The lowest BCUT2D eigenvalue weighted by Gasteiger charge is -2.44. The third kappa shape index (κ3) is 3.74. The molecule has 1 heterocycles. The number of non-ortho nitro benzene ring substituents is 1. The van der Waals surface area contributed by atoms with Crippen LogP contribution in [-0.4, -0.2) is 29.5 Å². The largest absolute Gasteiger partial charge is 0.550 e. The van der Waals surface area contributed by atoms with Gasteiger partial charge in [-0.15, -0.1) is 12.4 Å². The predicted octanol–water partition coefficient (Wildman–Crippen LogP) is 0.905. The van der Waals surface area contributed by atoms with Crippen LogP contribution < -0.4 is 10.4 Å². The Labute approximate surface area is 150 Å². The highest BCUT2D eigenvalue weighted by molar-refractivity contribution is 5.89. The van der Waals surface area contributed by atoms with Gasteiger partial charge in [-0.05, 0) is 19.4 Å². The summed E-state index contributed by atoms with van der Waals surface area (Å²) in [5, 5.41) is 25.6. The van der Waals surface area contributed by atoms with Crippen LogP contribution in [0.4, 0.5) is 5.69 Å². The Balaban J connectivity index is 0.00000312. The number of methoxy groups -OCH3 is 1. The molecule has 0 spiro atoms. The summed E-state index contributed by atoms with van der Waals surface area (Å²) >= 11 is 0. The fraction of sp³-hybridized carbons (Fsp3) is 0.375. The molecule has 136 valence electrons. The highest BCUT2D eigenvalue weighted by Crippen LogP contribution is 2.39. The first-order chi connectivity index (χ1) is 11.2. The first-order valence-corrected chi connectivity index (χ1v) is 7.21. The van der Waals surface area contributed by atoms with Crippen LogP contribution in [0.25, 0.3) is 0 Å². The van der Waals surface area contributed by atoms with Gasteiger partial charge >= 0.3 is 5.97 Å². The summed E-state index contributed by atoms with van der Waals surface area (Å²) < 4.78 is 4.74. The molecule has 9 heteroatoms. The molecule has 1 N–H and O–H groups in total. The standard InChI is InChI=1S/C16H18N2O6.ClH/c1-9-7-12(10-5-4-6-11(8-10)18(22)23)13(14(19)20)16(2,17-9)15(21)24-3;/h4-8,12-13,17H,1-3H3,(H,19,20);1H/p-1. The van der Waals surface area contributed by atoms with Gasteiger partial charge in [-0.25, -0.2) is 4.79 Å². The van der Waals surface area contributed by atoms with Crippen LogP contribution in [0, 0.1) is 16.0 Å². The highest BCUT2D eigenvalue weighted by atomic mass is 35.5. The molecule has 0 radical (unpaired) electrons. The van der Waals surface area contributed by atoms with Crippen molar-refractivity contribution in [2.24, 2.45) is 5.92 Å². The van der Waals surface area contributed by atoms with Crippen LogP contribution in [0.1, 0.15) is 25.3 Å². The summed E-state index contributed by atoms with van der Waals surface area (Å²) in [6.45, 7) is 3.09. The molecule has 0 aromatic heterocycles. The molecule has 8 nitrogen and oxygen atoms in total. The molecule has 0 amide bonds. The Hall–Kier alpha value is -2.61. The minimum atomic E-state index is -1.55. The average molecular weight is 370 g/mol. The van der Waals surface area contributed by atoms with E-state index in [1.54, 1.807) is 19.1 Å². The van der Waals surface area contributed by atoms with Gasteiger partial charge in [0.15, 0.2) is 0 Å². The maximum Gasteiger partial charge on any atom is 0.331 e. The van der Waals surface area contributed by atoms with Gasteiger partial charge < -0.3 is 20.0 Å². The van der Waals surface area contributed by atoms with Crippen LogP contribution in [0.3, 0.4) is 0 Å². The Morgan fingerprint density at radius 2 is 2.00 bits per heavy atom. The fourth-order valence-corrected chi connectivity index (χ4v) is 3.16. The van der Waals surface area contributed by atoms with Crippen molar-refractivity contribution < 1.29 is 24.4 Å². The smallest absolute Gasteiger partial charge is 0.331 e. The second kappa shape index (κ2) is 7.52. The molecule has 0 saturated heterocycles. The molecule has 2 rings (SSSR count). The molecule has 0 fully saturated rings. The van der Waals surface area contributed by atoms with Crippen molar-refractivity contribution in [1.82, 2.24) is 5.32 Å². The molecule has 1 aliphatic rings. The monoisotopic (exact) mass is 369 g/mol. The number of carbonyl (C=O) groups excluding carboxylic acids is 2. The Bertz CT molecular complexity index is 735. The van der Waals surface area contributed by atoms with Gasteiger partial charge in [0.1, 0.15) is 5.54 Å². The molecule has 25 heavy (non-hydrogen) atoms. The molecular weight excluding hydrogens is 352 g/mol. The highest BCUT2D eigenvalue weighted by Gasteiger charge is 2.49. The molecule has 1 aliphatic heterocycles. The normalized spacial score (nSPS) is 25.0. The van der Waals surface area contributed by atoms with Crippen molar-refractivity contribution in [1.29, 1.82) is 0 Å². The van der Waals surface area contributed by atoms with Crippen LogP contribution in [0.2, 0.25) is 0 Å².